The van der Waals surface area contributed by atoms with E-state index in [1.165, 1.54) is 29.7 Å². The molecule has 1 fully saturated rings. The van der Waals surface area contributed by atoms with Gasteiger partial charge in [-0.15, -0.1) is 0 Å². The van der Waals surface area contributed by atoms with Gasteiger partial charge >= 0.3 is 0 Å². The highest BCUT2D eigenvalue weighted by atomic mass is 32.1. The maximum atomic E-state index is 13.8. The number of amides is 1. The number of benzene rings is 1. The summed E-state index contributed by atoms with van der Waals surface area (Å²) in [6, 6.07) is 6.52. The first-order valence-electron chi connectivity index (χ1n) is 7.65. The van der Waals surface area contributed by atoms with Gasteiger partial charge in [0.05, 0.1) is 33.3 Å². The number of rotatable bonds is 4. The van der Waals surface area contributed by atoms with Gasteiger partial charge in [-0.05, 0) is 35.0 Å². The monoisotopic (exact) mass is 335 g/mol. The van der Waals surface area contributed by atoms with Gasteiger partial charge in [-0.25, -0.2) is 4.39 Å². The van der Waals surface area contributed by atoms with Crippen molar-refractivity contribution in [1.82, 2.24) is 4.90 Å². The van der Waals surface area contributed by atoms with Gasteiger partial charge in [-0.2, -0.15) is 11.3 Å². The number of carbonyl (C=O) groups excluding carboxylic acids is 1. The number of nitrogens with zero attached hydrogens (tertiary/aromatic N) is 1. The molecule has 0 bridgehead atoms. The Morgan fingerprint density at radius 1 is 1.35 bits per heavy atom. The number of methoxy groups -OCH3 is 1. The molecule has 4 nitrogen and oxygen atoms in total. The summed E-state index contributed by atoms with van der Waals surface area (Å²) in [6.07, 6.45) is 0. The number of ether oxygens (including phenoxy) is 1. The van der Waals surface area contributed by atoms with Crippen LogP contribution in [0.15, 0.2) is 35.0 Å². The van der Waals surface area contributed by atoms with E-state index >= 15 is 0 Å². The Kier molecular flexibility index (Phi) is 4.93. The molecule has 0 saturated carbocycles. The lowest BCUT2D eigenvalue weighted by Gasteiger charge is -2.32. The van der Waals surface area contributed by atoms with Gasteiger partial charge in [0.2, 0.25) is 0 Å². The molecule has 0 unspecified atom stereocenters. The van der Waals surface area contributed by atoms with E-state index in [2.05, 4.69) is 16.8 Å². The van der Waals surface area contributed by atoms with Crippen molar-refractivity contribution in [3.63, 3.8) is 0 Å². The van der Waals surface area contributed by atoms with Crippen molar-refractivity contribution in [3.8, 4) is 5.75 Å². The second-order valence-electron chi connectivity index (χ2n) is 5.70. The summed E-state index contributed by atoms with van der Waals surface area (Å²) in [4.78, 5) is 15.8. The molecule has 1 aromatic heterocycles. The van der Waals surface area contributed by atoms with Crippen molar-refractivity contribution in [3.05, 3.63) is 52.0 Å². The van der Waals surface area contributed by atoms with Crippen LogP contribution in [0.5, 0.6) is 5.75 Å². The number of halogens is 1. The highest BCUT2D eigenvalue weighted by Crippen LogP contribution is 2.18. The van der Waals surface area contributed by atoms with Crippen LogP contribution in [0.4, 0.5) is 4.39 Å². The maximum absolute atomic E-state index is 13.8. The van der Waals surface area contributed by atoms with Crippen molar-refractivity contribution in [1.29, 1.82) is 0 Å². The largest absolute Gasteiger partial charge is 0.494 e. The molecule has 1 aliphatic rings. The first kappa shape index (κ1) is 16.0. The van der Waals surface area contributed by atoms with Gasteiger partial charge in [0.15, 0.2) is 11.6 Å². The predicted molar refractivity (Wildman–Crippen MR) is 87.6 cm³/mol. The summed E-state index contributed by atoms with van der Waals surface area (Å²) in [5.41, 5.74) is 1.73. The molecule has 0 spiro atoms. The highest BCUT2D eigenvalue weighted by Gasteiger charge is 2.25. The molecule has 1 saturated heterocycles. The Labute approximate surface area is 139 Å². The fourth-order valence-electron chi connectivity index (χ4n) is 2.87. The van der Waals surface area contributed by atoms with E-state index in [0.717, 1.165) is 19.6 Å². The summed E-state index contributed by atoms with van der Waals surface area (Å²) in [5, 5.41) is 4.26. The number of thiophene rings is 1. The molecule has 2 aromatic rings. The zero-order valence-corrected chi connectivity index (χ0v) is 13.9. The van der Waals surface area contributed by atoms with Gasteiger partial charge in [0, 0.05) is 11.1 Å². The third kappa shape index (κ3) is 3.71. The summed E-state index contributed by atoms with van der Waals surface area (Å²) >= 11 is 1.71. The second-order valence-corrected chi connectivity index (χ2v) is 6.48. The Hall–Kier alpha value is -1.92. The van der Waals surface area contributed by atoms with E-state index in [4.69, 9.17) is 4.74 Å². The van der Waals surface area contributed by atoms with Crippen molar-refractivity contribution < 1.29 is 18.8 Å². The van der Waals surface area contributed by atoms with Crippen LogP contribution in [0.3, 0.4) is 0 Å². The van der Waals surface area contributed by atoms with E-state index < -0.39 is 5.82 Å². The standard InChI is InChI=1S/C17H19FN2O2S/c1-22-16-3-2-14(10-15(16)18)17(21)20-7-5-19(6-8-20)11-13-4-9-23-12-13/h2-4,9-10,12H,5-8,11H2,1H3/p+1. The topological polar surface area (TPSA) is 34.0 Å². The fourth-order valence-corrected chi connectivity index (χ4v) is 3.54. The number of hydrogen-bond acceptors (Lipinski definition) is 3. The summed E-state index contributed by atoms with van der Waals surface area (Å²) in [5.74, 6) is -0.451. The van der Waals surface area contributed by atoms with Crippen LogP contribution in [0, 0.1) is 5.82 Å². The van der Waals surface area contributed by atoms with Crippen LogP contribution in [0.1, 0.15) is 15.9 Å². The minimum atomic E-state index is -0.500. The van der Waals surface area contributed by atoms with E-state index in [-0.39, 0.29) is 11.7 Å². The van der Waals surface area contributed by atoms with Crippen LogP contribution < -0.4 is 9.64 Å². The molecule has 23 heavy (non-hydrogen) atoms. The average molecular weight is 335 g/mol. The molecule has 6 heteroatoms. The lowest BCUT2D eigenvalue weighted by Crippen LogP contribution is -3.13. The summed E-state index contributed by atoms with van der Waals surface area (Å²) < 4.78 is 18.6. The van der Waals surface area contributed by atoms with Gasteiger partial charge in [0.25, 0.3) is 5.91 Å². The third-order valence-corrected chi connectivity index (χ3v) is 4.92. The molecule has 122 valence electrons. The number of carbonyl (C=O) groups is 1. The second kappa shape index (κ2) is 7.10. The normalized spacial score (nSPS) is 15.7. The molecule has 0 aliphatic carbocycles. The van der Waals surface area contributed by atoms with Crippen LogP contribution >= 0.6 is 11.3 Å². The molecule has 0 radical (unpaired) electrons. The molecule has 0 atom stereocenters. The first-order valence-corrected chi connectivity index (χ1v) is 8.59. The van der Waals surface area contributed by atoms with Gasteiger partial charge in [-0.3, -0.25) is 4.79 Å². The van der Waals surface area contributed by atoms with Crippen molar-refractivity contribution in [2.75, 3.05) is 33.3 Å². The van der Waals surface area contributed by atoms with E-state index in [0.29, 0.717) is 18.7 Å². The quantitative estimate of drug-likeness (QED) is 0.917. The first-order chi connectivity index (χ1) is 11.2. The number of hydrogen-bond donors (Lipinski definition) is 1. The number of quaternary nitrogens is 1. The lowest BCUT2D eigenvalue weighted by molar-refractivity contribution is -0.917. The molecule has 2 heterocycles. The number of piperazine rings is 1. The molecule has 1 N–H and O–H groups in total. The molecule has 1 amide bonds. The fraction of sp³-hybridized carbons (Fsp3) is 0.353. The lowest BCUT2D eigenvalue weighted by atomic mass is 10.1. The molecule has 1 aliphatic heterocycles. The predicted octanol–water partition coefficient (Wildman–Crippen LogP) is 1.44. The van der Waals surface area contributed by atoms with E-state index in [1.54, 1.807) is 22.3 Å². The van der Waals surface area contributed by atoms with Crippen LogP contribution in [0.2, 0.25) is 0 Å². The van der Waals surface area contributed by atoms with E-state index in [9.17, 15) is 9.18 Å². The maximum Gasteiger partial charge on any atom is 0.254 e. The van der Waals surface area contributed by atoms with Gasteiger partial charge < -0.3 is 14.5 Å². The Bertz CT molecular complexity index is 667. The van der Waals surface area contributed by atoms with Crippen LogP contribution in [-0.2, 0) is 6.54 Å². The minimum absolute atomic E-state index is 0.110. The molecular weight excluding hydrogens is 315 g/mol. The van der Waals surface area contributed by atoms with Gasteiger partial charge in [0.1, 0.15) is 6.54 Å². The third-order valence-electron chi connectivity index (χ3n) is 4.19. The molecule has 1 aromatic carbocycles. The SMILES string of the molecule is COc1ccc(C(=O)N2CC[NH+](Cc3ccsc3)CC2)cc1F. The van der Waals surface area contributed by atoms with Crippen LogP contribution in [-0.4, -0.2) is 44.1 Å². The minimum Gasteiger partial charge on any atom is -0.494 e. The van der Waals surface area contributed by atoms with E-state index in [1.807, 2.05) is 0 Å². The smallest absolute Gasteiger partial charge is 0.254 e. The Morgan fingerprint density at radius 2 is 2.13 bits per heavy atom. The summed E-state index contributed by atoms with van der Waals surface area (Å²) in [7, 11) is 1.41. The Balaban J connectivity index is 1.58. The number of nitrogens with one attached hydrogen (secondary N) is 1. The molecular formula is C17H20FN2O2S+. The van der Waals surface area contributed by atoms with Crippen molar-refractivity contribution >= 4 is 17.2 Å². The van der Waals surface area contributed by atoms with Crippen molar-refractivity contribution in [2.24, 2.45) is 0 Å². The summed E-state index contributed by atoms with van der Waals surface area (Å²) in [6.45, 7) is 4.24. The zero-order chi connectivity index (χ0) is 16.2. The van der Waals surface area contributed by atoms with Crippen LogP contribution in [0.25, 0.3) is 0 Å². The van der Waals surface area contributed by atoms with Crippen molar-refractivity contribution in [2.45, 2.75) is 6.54 Å². The average Bonchev–Trinajstić information content (AvgIpc) is 3.08. The zero-order valence-electron chi connectivity index (χ0n) is 13.0. The highest BCUT2D eigenvalue weighted by molar-refractivity contribution is 7.07. The Morgan fingerprint density at radius 3 is 2.74 bits per heavy atom. The molecule has 3 rings (SSSR count). The van der Waals surface area contributed by atoms with Gasteiger partial charge in [-0.1, -0.05) is 0 Å².